The van der Waals surface area contributed by atoms with E-state index in [9.17, 15) is 9.59 Å². The van der Waals surface area contributed by atoms with Crippen LogP contribution in [-0.2, 0) is 15.1 Å². The number of nitrogens with one attached hydrogen (secondary N) is 2. The third-order valence-electron chi connectivity index (χ3n) is 3.68. The van der Waals surface area contributed by atoms with E-state index in [1.807, 2.05) is 24.3 Å². The molecule has 0 unspecified atom stereocenters. The van der Waals surface area contributed by atoms with Gasteiger partial charge in [-0.1, -0.05) is 18.2 Å². The first-order valence-electron chi connectivity index (χ1n) is 6.96. The highest BCUT2D eigenvalue weighted by Gasteiger charge is 2.32. The minimum absolute atomic E-state index is 0.144. The summed E-state index contributed by atoms with van der Waals surface area (Å²) in [6, 6.07) is 6.56. The smallest absolute Gasteiger partial charge is 0.320 e. The Morgan fingerprint density at radius 1 is 1.41 bits per heavy atom. The molecule has 118 valence electrons. The molecule has 1 heterocycles. The van der Waals surface area contributed by atoms with Gasteiger partial charge in [0.25, 0.3) is 0 Å². The topological polar surface area (TPSA) is 134 Å². The number of fused-ring (bicyclic) bond motifs is 1. The van der Waals surface area contributed by atoms with Crippen LogP contribution < -0.4 is 16.8 Å². The summed E-state index contributed by atoms with van der Waals surface area (Å²) in [5, 5.41) is 12.2. The Hall–Kier alpha value is -2.38. The summed E-state index contributed by atoms with van der Waals surface area (Å²) in [5.41, 5.74) is 11.9. The molecule has 7 heteroatoms. The van der Waals surface area contributed by atoms with Gasteiger partial charge in [0.2, 0.25) is 5.91 Å². The highest BCUT2D eigenvalue weighted by atomic mass is 16.4. The number of aromatic amines is 1. The van der Waals surface area contributed by atoms with Crippen LogP contribution in [0.3, 0.4) is 0 Å². The van der Waals surface area contributed by atoms with E-state index in [0.29, 0.717) is 5.56 Å². The van der Waals surface area contributed by atoms with Crippen LogP contribution in [0.4, 0.5) is 0 Å². The van der Waals surface area contributed by atoms with Crippen molar-refractivity contribution in [2.24, 2.45) is 11.5 Å². The number of rotatable bonds is 6. The molecule has 2 aromatic rings. The molecule has 2 atom stereocenters. The van der Waals surface area contributed by atoms with Crippen LogP contribution in [-0.4, -0.2) is 34.6 Å². The third kappa shape index (κ3) is 3.10. The highest BCUT2D eigenvalue weighted by molar-refractivity contribution is 5.94. The predicted molar refractivity (Wildman–Crippen MR) is 83.1 cm³/mol. The molecule has 0 aliphatic carbocycles. The molecule has 1 aromatic carbocycles. The number of aliphatic carboxylic acids is 1. The zero-order valence-electron chi connectivity index (χ0n) is 12.3. The minimum atomic E-state index is -1.23. The summed E-state index contributed by atoms with van der Waals surface area (Å²) in [4.78, 5) is 26.0. The molecule has 0 saturated carbocycles. The maximum absolute atomic E-state index is 12.3. The van der Waals surface area contributed by atoms with Crippen molar-refractivity contribution >= 4 is 22.8 Å². The fourth-order valence-corrected chi connectivity index (χ4v) is 2.27. The molecule has 0 bridgehead atoms. The Labute approximate surface area is 127 Å². The zero-order chi connectivity index (χ0) is 16.3. The normalized spacial score (nSPS) is 15.2. The van der Waals surface area contributed by atoms with Gasteiger partial charge in [-0.2, -0.15) is 0 Å². The number of hydrogen-bond donors (Lipinski definition) is 5. The molecular weight excluding hydrogens is 284 g/mol. The van der Waals surface area contributed by atoms with Crippen LogP contribution in [0.25, 0.3) is 10.9 Å². The Balaban J connectivity index is 2.09. The second-order valence-electron chi connectivity index (χ2n) is 5.44. The number of carboxylic acid groups (broad SMARTS) is 1. The lowest BCUT2D eigenvalue weighted by Crippen LogP contribution is -2.49. The number of H-pyrrole nitrogens is 1. The minimum Gasteiger partial charge on any atom is -0.480 e. The quantitative estimate of drug-likeness (QED) is 0.522. The van der Waals surface area contributed by atoms with E-state index in [4.69, 9.17) is 16.6 Å². The molecule has 7 N–H and O–H groups in total. The van der Waals surface area contributed by atoms with Gasteiger partial charge in [0.1, 0.15) is 11.6 Å². The molecule has 1 amide bonds. The second-order valence-corrected chi connectivity index (χ2v) is 5.44. The van der Waals surface area contributed by atoms with Gasteiger partial charge in [-0.3, -0.25) is 9.59 Å². The Kier molecular flexibility index (Phi) is 4.48. The number of carboxylic acids is 1. The zero-order valence-corrected chi connectivity index (χ0v) is 12.3. The van der Waals surface area contributed by atoms with Gasteiger partial charge in [-0.05, 0) is 19.4 Å². The standard InChI is InChI=1S/C15H20N4O3/c1-15(17,14(22)18-7-6-11(16)13(20)21)10-8-19-12-5-3-2-4-9(10)12/h2-5,8,11,19H,6-7,16-17H2,1H3,(H,18,22)(H,20,21)/t11-,15-/m0/s1. The number of hydrogen-bond acceptors (Lipinski definition) is 4. The van der Waals surface area contributed by atoms with Gasteiger partial charge in [0.15, 0.2) is 0 Å². The molecular formula is C15H20N4O3. The molecule has 2 rings (SSSR count). The van der Waals surface area contributed by atoms with Crippen LogP contribution in [0, 0.1) is 0 Å². The van der Waals surface area contributed by atoms with Crippen molar-refractivity contribution in [2.75, 3.05) is 6.54 Å². The summed E-state index contributed by atoms with van der Waals surface area (Å²) in [6.45, 7) is 1.77. The van der Waals surface area contributed by atoms with Crippen molar-refractivity contribution in [2.45, 2.75) is 24.9 Å². The number of aromatic nitrogens is 1. The summed E-state index contributed by atoms with van der Waals surface area (Å²) >= 11 is 0. The molecule has 1 aromatic heterocycles. The molecule has 0 saturated heterocycles. The maximum atomic E-state index is 12.3. The monoisotopic (exact) mass is 304 g/mol. The van der Waals surface area contributed by atoms with Gasteiger partial charge in [-0.15, -0.1) is 0 Å². The van der Waals surface area contributed by atoms with Gasteiger partial charge in [0, 0.05) is 29.2 Å². The van der Waals surface area contributed by atoms with Crippen LogP contribution in [0.2, 0.25) is 0 Å². The Bertz CT molecular complexity index is 693. The van der Waals surface area contributed by atoms with Crippen molar-refractivity contribution < 1.29 is 14.7 Å². The fourth-order valence-electron chi connectivity index (χ4n) is 2.27. The van der Waals surface area contributed by atoms with E-state index in [-0.39, 0.29) is 18.9 Å². The number of para-hydroxylation sites is 1. The van der Waals surface area contributed by atoms with E-state index in [1.54, 1.807) is 13.1 Å². The summed E-state index contributed by atoms with van der Waals surface area (Å²) < 4.78 is 0. The third-order valence-corrected chi connectivity index (χ3v) is 3.68. The summed E-state index contributed by atoms with van der Waals surface area (Å²) in [5.74, 6) is -1.48. The molecule has 0 aliphatic heterocycles. The first kappa shape index (κ1) is 16.0. The second kappa shape index (κ2) is 6.17. The van der Waals surface area contributed by atoms with Crippen LogP contribution in [0.5, 0.6) is 0 Å². The molecule has 0 radical (unpaired) electrons. The predicted octanol–water partition coefficient (Wildman–Crippen LogP) is 0.260. The number of benzene rings is 1. The molecule has 7 nitrogen and oxygen atoms in total. The average molecular weight is 304 g/mol. The van der Waals surface area contributed by atoms with E-state index in [1.165, 1.54) is 0 Å². The molecule has 0 spiro atoms. The molecule has 0 aliphatic rings. The summed E-state index contributed by atoms with van der Waals surface area (Å²) in [6.07, 6.45) is 1.86. The SMILES string of the molecule is C[C@@](N)(C(=O)NCC[C@H](N)C(=O)O)c1c[nH]c2ccccc12. The number of carbonyl (C=O) groups excluding carboxylic acids is 1. The number of nitrogens with two attached hydrogens (primary N) is 2. The Morgan fingerprint density at radius 3 is 2.77 bits per heavy atom. The largest absolute Gasteiger partial charge is 0.480 e. The van der Waals surface area contributed by atoms with E-state index in [2.05, 4.69) is 10.3 Å². The first-order valence-corrected chi connectivity index (χ1v) is 6.96. The lowest BCUT2D eigenvalue weighted by Gasteiger charge is -2.23. The maximum Gasteiger partial charge on any atom is 0.320 e. The van der Waals surface area contributed by atoms with Crippen molar-refractivity contribution in [3.05, 3.63) is 36.0 Å². The number of amides is 1. The molecule has 0 fully saturated rings. The van der Waals surface area contributed by atoms with Crippen molar-refractivity contribution in [1.29, 1.82) is 0 Å². The lowest BCUT2D eigenvalue weighted by molar-refractivity contribution is -0.138. The average Bonchev–Trinajstić information content (AvgIpc) is 2.91. The van der Waals surface area contributed by atoms with E-state index >= 15 is 0 Å². The summed E-state index contributed by atoms with van der Waals surface area (Å²) in [7, 11) is 0. The highest BCUT2D eigenvalue weighted by Crippen LogP contribution is 2.26. The van der Waals surface area contributed by atoms with Gasteiger partial charge in [0.05, 0.1) is 0 Å². The van der Waals surface area contributed by atoms with Crippen molar-refractivity contribution in [3.63, 3.8) is 0 Å². The molecule has 22 heavy (non-hydrogen) atoms. The van der Waals surface area contributed by atoms with Crippen LogP contribution >= 0.6 is 0 Å². The van der Waals surface area contributed by atoms with Crippen molar-refractivity contribution in [1.82, 2.24) is 10.3 Å². The van der Waals surface area contributed by atoms with Gasteiger partial charge < -0.3 is 26.9 Å². The van der Waals surface area contributed by atoms with E-state index in [0.717, 1.165) is 10.9 Å². The van der Waals surface area contributed by atoms with E-state index < -0.39 is 17.6 Å². The number of carbonyl (C=O) groups is 2. The Morgan fingerprint density at radius 2 is 2.09 bits per heavy atom. The van der Waals surface area contributed by atoms with Crippen LogP contribution in [0.1, 0.15) is 18.9 Å². The van der Waals surface area contributed by atoms with Crippen molar-refractivity contribution in [3.8, 4) is 0 Å². The lowest BCUT2D eigenvalue weighted by atomic mass is 9.91. The van der Waals surface area contributed by atoms with Gasteiger partial charge >= 0.3 is 5.97 Å². The van der Waals surface area contributed by atoms with Gasteiger partial charge in [-0.25, -0.2) is 0 Å². The van der Waals surface area contributed by atoms with Crippen LogP contribution in [0.15, 0.2) is 30.5 Å². The first-order chi connectivity index (χ1) is 10.3. The fraction of sp³-hybridized carbons (Fsp3) is 0.333.